The molecular formula is C14H19BrO. The lowest BCUT2D eigenvalue weighted by Crippen LogP contribution is -1.99. The number of rotatable bonds is 3. The molecule has 0 saturated heterocycles. The summed E-state index contributed by atoms with van der Waals surface area (Å²) in [5.41, 5.74) is 3.08. The van der Waals surface area contributed by atoms with Crippen molar-refractivity contribution >= 4 is 15.9 Å². The monoisotopic (exact) mass is 282 g/mol. The van der Waals surface area contributed by atoms with Crippen LogP contribution in [0.25, 0.3) is 0 Å². The summed E-state index contributed by atoms with van der Waals surface area (Å²) < 4.78 is 5.28. The van der Waals surface area contributed by atoms with Gasteiger partial charge in [-0.15, -0.1) is 0 Å². The minimum absolute atomic E-state index is 0.479. The summed E-state index contributed by atoms with van der Waals surface area (Å²) in [6.07, 6.45) is 1.31. The molecule has 0 spiro atoms. The van der Waals surface area contributed by atoms with E-state index in [1.807, 2.05) is 0 Å². The van der Waals surface area contributed by atoms with Crippen molar-refractivity contribution in [2.75, 3.05) is 7.11 Å². The molecule has 2 unspecified atom stereocenters. The summed E-state index contributed by atoms with van der Waals surface area (Å²) in [6.45, 7) is 6.77. The van der Waals surface area contributed by atoms with E-state index in [1.54, 1.807) is 7.11 Å². The van der Waals surface area contributed by atoms with Gasteiger partial charge < -0.3 is 4.74 Å². The smallest absolute Gasteiger partial charge is 0.121 e. The van der Waals surface area contributed by atoms with Crippen molar-refractivity contribution in [2.24, 2.45) is 11.3 Å². The van der Waals surface area contributed by atoms with E-state index < -0.39 is 0 Å². The molecule has 1 nitrogen and oxygen atoms in total. The minimum Gasteiger partial charge on any atom is -0.496 e. The van der Waals surface area contributed by atoms with Gasteiger partial charge in [-0.3, -0.25) is 0 Å². The second kappa shape index (κ2) is 4.06. The summed E-state index contributed by atoms with van der Waals surface area (Å²) in [7, 11) is 1.72. The van der Waals surface area contributed by atoms with Crippen molar-refractivity contribution in [3.8, 4) is 5.75 Å². The van der Waals surface area contributed by atoms with E-state index in [9.17, 15) is 0 Å². The number of aryl methyl sites for hydroxylation is 1. The van der Waals surface area contributed by atoms with Gasteiger partial charge in [-0.25, -0.2) is 0 Å². The summed E-state index contributed by atoms with van der Waals surface area (Å²) in [5, 5.41) is 0. The molecule has 2 atom stereocenters. The van der Waals surface area contributed by atoms with E-state index in [0.717, 1.165) is 11.7 Å². The molecule has 1 aliphatic carbocycles. The van der Waals surface area contributed by atoms with Crippen LogP contribution in [0.15, 0.2) is 18.2 Å². The molecule has 88 valence electrons. The van der Waals surface area contributed by atoms with Gasteiger partial charge in [-0.05, 0) is 41.9 Å². The molecular weight excluding hydrogens is 264 g/mol. The first kappa shape index (κ1) is 12.0. The molecule has 1 aliphatic rings. The lowest BCUT2D eigenvalue weighted by Gasteiger charge is -2.14. The first-order valence-electron chi connectivity index (χ1n) is 5.74. The number of hydrogen-bond donors (Lipinski definition) is 0. The predicted octanol–water partition coefficient (Wildman–Crippen LogP) is 4.49. The maximum atomic E-state index is 5.28. The molecule has 16 heavy (non-hydrogen) atoms. The van der Waals surface area contributed by atoms with E-state index in [0.29, 0.717) is 10.2 Å². The highest BCUT2D eigenvalue weighted by Gasteiger charge is 2.49. The minimum atomic E-state index is 0.479. The highest BCUT2D eigenvalue weighted by Crippen LogP contribution is 2.60. The SMILES string of the molecule is COc1ccc(C(Br)C2CC2(C)C)cc1C. The highest BCUT2D eigenvalue weighted by molar-refractivity contribution is 9.09. The Labute approximate surface area is 106 Å². The molecule has 0 aromatic heterocycles. The van der Waals surface area contributed by atoms with E-state index in [4.69, 9.17) is 4.74 Å². The van der Waals surface area contributed by atoms with E-state index in [-0.39, 0.29) is 0 Å². The highest BCUT2D eigenvalue weighted by atomic mass is 79.9. The number of alkyl halides is 1. The molecule has 1 saturated carbocycles. The number of halogens is 1. The molecule has 0 radical (unpaired) electrons. The van der Waals surface area contributed by atoms with Gasteiger partial charge in [0.1, 0.15) is 5.75 Å². The largest absolute Gasteiger partial charge is 0.496 e. The molecule has 0 bridgehead atoms. The predicted molar refractivity (Wildman–Crippen MR) is 71.3 cm³/mol. The number of benzene rings is 1. The van der Waals surface area contributed by atoms with Crippen molar-refractivity contribution in [1.82, 2.24) is 0 Å². The molecule has 2 heteroatoms. The van der Waals surface area contributed by atoms with Gasteiger partial charge >= 0.3 is 0 Å². The fourth-order valence-electron chi connectivity index (χ4n) is 2.31. The van der Waals surface area contributed by atoms with Gasteiger partial charge in [0.2, 0.25) is 0 Å². The average Bonchev–Trinajstić information content (AvgIpc) is 2.86. The summed E-state index contributed by atoms with van der Waals surface area (Å²) >= 11 is 3.83. The molecule has 2 rings (SSSR count). The third-order valence-electron chi connectivity index (χ3n) is 3.68. The molecule has 0 amide bonds. The zero-order valence-electron chi connectivity index (χ0n) is 10.4. The fourth-order valence-corrected chi connectivity index (χ4v) is 3.50. The second-order valence-electron chi connectivity index (χ2n) is 5.43. The normalized spacial score (nSPS) is 23.9. The molecule has 1 fully saturated rings. The fraction of sp³-hybridized carbons (Fsp3) is 0.571. The quantitative estimate of drug-likeness (QED) is 0.743. The Morgan fingerprint density at radius 3 is 2.50 bits per heavy atom. The molecule has 0 heterocycles. The van der Waals surface area contributed by atoms with Gasteiger partial charge in [-0.1, -0.05) is 41.9 Å². The van der Waals surface area contributed by atoms with Gasteiger partial charge in [0.15, 0.2) is 0 Å². The van der Waals surface area contributed by atoms with Crippen LogP contribution >= 0.6 is 15.9 Å². The third-order valence-corrected chi connectivity index (χ3v) is 4.85. The van der Waals surface area contributed by atoms with Crippen molar-refractivity contribution in [2.45, 2.75) is 32.0 Å². The van der Waals surface area contributed by atoms with Crippen LogP contribution in [-0.4, -0.2) is 7.11 Å². The summed E-state index contributed by atoms with van der Waals surface area (Å²) in [5.74, 6) is 1.74. The Hall–Kier alpha value is -0.500. The molecule has 1 aromatic rings. The first-order valence-corrected chi connectivity index (χ1v) is 6.66. The maximum Gasteiger partial charge on any atom is 0.121 e. The van der Waals surface area contributed by atoms with Crippen LogP contribution in [0.4, 0.5) is 0 Å². The standard InChI is InChI=1S/C14H19BrO/c1-9-7-10(5-6-12(9)16-4)13(15)11-8-14(11,2)3/h5-7,11,13H,8H2,1-4H3. The Bertz CT molecular complexity index is 398. The lowest BCUT2D eigenvalue weighted by molar-refractivity contribution is 0.411. The number of methoxy groups -OCH3 is 1. The van der Waals surface area contributed by atoms with Crippen molar-refractivity contribution < 1.29 is 4.74 Å². The molecule has 0 aliphatic heterocycles. The summed E-state index contributed by atoms with van der Waals surface area (Å²) in [6, 6.07) is 6.46. The van der Waals surface area contributed by atoms with Gasteiger partial charge in [0, 0.05) is 4.83 Å². The summed E-state index contributed by atoms with van der Waals surface area (Å²) in [4.78, 5) is 0.479. The van der Waals surface area contributed by atoms with Crippen LogP contribution < -0.4 is 4.74 Å². The zero-order chi connectivity index (χ0) is 11.9. The Kier molecular flexibility index (Phi) is 3.04. The van der Waals surface area contributed by atoms with E-state index in [1.165, 1.54) is 17.5 Å². The van der Waals surface area contributed by atoms with E-state index in [2.05, 4.69) is 54.9 Å². The van der Waals surface area contributed by atoms with Crippen LogP contribution in [-0.2, 0) is 0 Å². The van der Waals surface area contributed by atoms with Crippen LogP contribution in [0, 0.1) is 18.3 Å². The molecule has 1 aromatic carbocycles. The third kappa shape index (κ3) is 2.13. The number of ether oxygens (including phenoxy) is 1. The van der Waals surface area contributed by atoms with Gasteiger partial charge in [-0.2, -0.15) is 0 Å². The van der Waals surface area contributed by atoms with Crippen LogP contribution in [0.1, 0.15) is 36.2 Å². The van der Waals surface area contributed by atoms with Crippen molar-refractivity contribution in [3.63, 3.8) is 0 Å². The van der Waals surface area contributed by atoms with Crippen LogP contribution in [0.3, 0.4) is 0 Å². The maximum absolute atomic E-state index is 5.28. The Morgan fingerprint density at radius 1 is 1.44 bits per heavy atom. The van der Waals surface area contributed by atoms with Crippen molar-refractivity contribution in [3.05, 3.63) is 29.3 Å². The van der Waals surface area contributed by atoms with Gasteiger partial charge in [0.05, 0.1) is 7.11 Å². The van der Waals surface area contributed by atoms with Crippen LogP contribution in [0.2, 0.25) is 0 Å². The average molecular weight is 283 g/mol. The zero-order valence-corrected chi connectivity index (χ0v) is 12.0. The first-order chi connectivity index (χ1) is 7.45. The Balaban J connectivity index is 2.19. The van der Waals surface area contributed by atoms with Gasteiger partial charge in [0.25, 0.3) is 0 Å². The molecule has 0 N–H and O–H groups in total. The van der Waals surface area contributed by atoms with E-state index >= 15 is 0 Å². The van der Waals surface area contributed by atoms with Crippen molar-refractivity contribution in [1.29, 1.82) is 0 Å². The topological polar surface area (TPSA) is 9.23 Å². The van der Waals surface area contributed by atoms with Crippen LogP contribution in [0.5, 0.6) is 5.75 Å². The number of hydrogen-bond acceptors (Lipinski definition) is 1. The Morgan fingerprint density at radius 2 is 2.06 bits per heavy atom. The second-order valence-corrected chi connectivity index (χ2v) is 6.42. The lowest BCUT2D eigenvalue weighted by atomic mass is 10.0.